The van der Waals surface area contributed by atoms with Gasteiger partial charge in [-0.1, -0.05) is 22.9 Å². The highest BCUT2D eigenvalue weighted by Gasteiger charge is 2.51. The third-order valence-corrected chi connectivity index (χ3v) is 6.43. The molecule has 0 unspecified atom stereocenters. The van der Waals surface area contributed by atoms with Crippen LogP contribution in [-0.4, -0.2) is 10.7 Å². The molecule has 5 heteroatoms. The second kappa shape index (κ2) is 5.89. The molecule has 1 atom stereocenters. The first kappa shape index (κ1) is 16.5. The fourth-order valence-corrected chi connectivity index (χ4v) is 4.80. The first-order valence-corrected chi connectivity index (χ1v) is 10.2. The minimum atomic E-state index is -0.294. The molecule has 2 aromatic rings. The molecule has 4 nitrogen and oxygen atoms in total. The van der Waals surface area contributed by atoms with Crippen molar-refractivity contribution in [1.29, 1.82) is 0 Å². The van der Waals surface area contributed by atoms with E-state index in [9.17, 15) is 0 Å². The van der Waals surface area contributed by atoms with Crippen LogP contribution in [0.4, 0.5) is 0 Å². The Kier molecular flexibility index (Phi) is 3.73. The summed E-state index contributed by atoms with van der Waals surface area (Å²) in [5, 5.41) is 2.32. The molecule has 0 radical (unpaired) electrons. The van der Waals surface area contributed by atoms with Gasteiger partial charge >= 0.3 is 0 Å². The fraction of sp³-hybridized carbons (Fsp3) is 0.429. The number of halogens is 1. The molecule has 3 heterocycles. The van der Waals surface area contributed by atoms with E-state index in [2.05, 4.69) is 57.6 Å². The van der Waals surface area contributed by atoms with Crippen molar-refractivity contribution in [3.63, 3.8) is 0 Å². The van der Waals surface area contributed by atoms with Crippen molar-refractivity contribution in [2.24, 2.45) is 5.92 Å². The molecule has 1 aromatic carbocycles. The Morgan fingerprint density at radius 3 is 2.73 bits per heavy atom. The number of hydrazine groups is 1. The van der Waals surface area contributed by atoms with E-state index in [1.165, 1.54) is 18.4 Å². The summed E-state index contributed by atoms with van der Waals surface area (Å²) < 4.78 is 13.6. The molecule has 1 saturated carbocycles. The van der Waals surface area contributed by atoms with Crippen molar-refractivity contribution in [3.05, 3.63) is 58.0 Å². The van der Waals surface area contributed by atoms with Crippen molar-refractivity contribution < 1.29 is 9.15 Å². The highest BCUT2D eigenvalue weighted by Crippen LogP contribution is 2.51. The minimum absolute atomic E-state index is 0.144. The van der Waals surface area contributed by atoms with Gasteiger partial charge in [0.1, 0.15) is 11.5 Å². The van der Waals surface area contributed by atoms with Crippen molar-refractivity contribution in [2.45, 2.75) is 51.3 Å². The van der Waals surface area contributed by atoms with Gasteiger partial charge in [-0.25, -0.2) is 0 Å². The van der Waals surface area contributed by atoms with E-state index in [0.717, 1.165) is 46.2 Å². The predicted octanol–water partition coefficient (Wildman–Crippen LogP) is 5.55. The zero-order valence-electron chi connectivity index (χ0n) is 15.1. The molecular formula is C21H23BrN2O2. The van der Waals surface area contributed by atoms with Gasteiger partial charge in [-0.2, -0.15) is 5.01 Å². The summed E-state index contributed by atoms with van der Waals surface area (Å²) in [6.07, 6.45) is 6.71. The van der Waals surface area contributed by atoms with Crippen LogP contribution in [0.1, 0.15) is 55.7 Å². The topological polar surface area (TPSA) is 37.6 Å². The highest BCUT2D eigenvalue weighted by atomic mass is 79.9. The fourth-order valence-electron chi connectivity index (χ4n) is 4.42. The molecule has 1 fully saturated rings. The summed E-state index contributed by atoms with van der Waals surface area (Å²) in [4.78, 5) is 0. The van der Waals surface area contributed by atoms with Crippen LogP contribution in [0.2, 0.25) is 0 Å². The summed E-state index contributed by atoms with van der Waals surface area (Å²) in [6.45, 7) is 4.32. The van der Waals surface area contributed by atoms with Crippen LogP contribution in [0.5, 0.6) is 5.75 Å². The molecule has 1 N–H and O–H groups in total. The van der Waals surface area contributed by atoms with E-state index in [1.54, 1.807) is 0 Å². The third kappa shape index (κ3) is 2.52. The normalized spacial score (nSPS) is 30.3. The number of furan rings is 1. The quantitative estimate of drug-likeness (QED) is 0.663. The molecule has 0 amide bonds. The lowest BCUT2D eigenvalue weighted by Crippen LogP contribution is -2.60. The number of ether oxygens (including phenoxy) is 1. The van der Waals surface area contributed by atoms with Crippen LogP contribution < -0.4 is 10.2 Å². The maximum Gasteiger partial charge on any atom is 0.180 e. The van der Waals surface area contributed by atoms with E-state index >= 15 is 0 Å². The second-order valence-corrected chi connectivity index (χ2v) is 8.75. The van der Waals surface area contributed by atoms with Gasteiger partial charge in [0.2, 0.25) is 0 Å². The SMILES string of the molecule is Cc1ccc(C2=C[C@H]3c4cc(Br)ccc4OC4(CCC(C)CC4)N3N2)o1. The number of hydrogen-bond donors (Lipinski definition) is 1. The predicted molar refractivity (Wildman–Crippen MR) is 104 cm³/mol. The third-order valence-electron chi connectivity index (χ3n) is 5.93. The molecule has 136 valence electrons. The number of fused-ring (bicyclic) bond motifs is 4. The van der Waals surface area contributed by atoms with Crippen LogP contribution in [0.3, 0.4) is 0 Å². The molecular weight excluding hydrogens is 392 g/mol. The summed E-state index contributed by atoms with van der Waals surface area (Å²) in [5.74, 6) is 3.57. The van der Waals surface area contributed by atoms with Gasteiger partial charge in [-0.05, 0) is 62.1 Å². The zero-order chi connectivity index (χ0) is 17.9. The lowest BCUT2D eigenvalue weighted by molar-refractivity contribution is -0.155. The Bertz CT molecular complexity index is 880. The smallest absolute Gasteiger partial charge is 0.180 e. The lowest BCUT2D eigenvalue weighted by Gasteiger charge is -2.51. The maximum atomic E-state index is 6.65. The molecule has 1 spiro atoms. The van der Waals surface area contributed by atoms with E-state index in [-0.39, 0.29) is 11.8 Å². The monoisotopic (exact) mass is 414 g/mol. The van der Waals surface area contributed by atoms with Crippen molar-refractivity contribution in [2.75, 3.05) is 0 Å². The molecule has 5 rings (SSSR count). The molecule has 1 aromatic heterocycles. The Morgan fingerprint density at radius 1 is 1.19 bits per heavy atom. The van der Waals surface area contributed by atoms with Gasteiger partial charge in [0, 0.05) is 22.9 Å². The summed E-state index contributed by atoms with van der Waals surface area (Å²) in [7, 11) is 0. The molecule has 1 aliphatic carbocycles. The van der Waals surface area contributed by atoms with Gasteiger partial charge in [0.15, 0.2) is 11.5 Å². The van der Waals surface area contributed by atoms with Gasteiger partial charge in [-0.3, -0.25) is 0 Å². The average Bonchev–Trinajstić information content (AvgIpc) is 3.25. The van der Waals surface area contributed by atoms with Gasteiger partial charge in [-0.15, -0.1) is 0 Å². The Morgan fingerprint density at radius 2 is 2.00 bits per heavy atom. The summed E-state index contributed by atoms with van der Waals surface area (Å²) in [5.41, 5.74) is 5.54. The zero-order valence-corrected chi connectivity index (χ0v) is 16.7. The lowest BCUT2D eigenvalue weighted by atomic mass is 9.82. The number of rotatable bonds is 1. The highest BCUT2D eigenvalue weighted by molar-refractivity contribution is 9.10. The van der Waals surface area contributed by atoms with Crippen molar-refractivity contribution in [3.8, 4) is 5.75 Å². The van der Waals surface area contributed by atoms with Crippen LogP contribution in [0, 0.1) is 12.8 Å². The number of nitrogens with zero attached hydrogens (tertiary/aromatic N) is 1. The molecule has 3 aliphatic rings. The second-order valence-electron chi connectivity index (χ2n) is 7.83. The van der Waals surface area contributed by atoms with Crippen LogP contribution in [-0.2, 0) is 0 Å². The first-order valence-electron chi connectivity index (χ1n) is 9.37. The van der Waals surface area contributed by atoms with Crippen LogP contribution in [0.15, 0.2) is 45.3 Å². The van der Waals surface area contributed by atoms with Crippen LogP contribution >= 0.6 is 15.9 Å². The van der Waals surface area contributed by atoms with Gasteiger partial charge in [0.05, 0.1) is 11.7 Å². The largest absolute Gasteiger partial charge is 0.471 e. The van der Waals surface area contributed by atoms with E-state index in [1.807, 2.05) is 19.1 Å². The van der Waals surface area contributed by atoms with Crippen molar-refractivity contribution in [1.82, 2.24) is 10.4 Å². The van der Waals surface area contributed by atoms with E-state index in [0.29, 0.717) is 0 Å². The molecule has 26 heavy (non-hydrogen) atoms. The van der Waals surface area contributed by atoms with Gasteiger partial charge in [0.25, 0.3) is 0 Å². The Balaban J connectivity index is 1.59. The number of aryl methyl sites for hydroxylation is 1. The standard InChI is InChI=1S/C21H23BrN2O2/c1-13-7-9-21(10-8-13)24-18(16-11-15(22)4-6-19(16)26-21)12-17(23-24)20-5-3-14(2)25-20/h3-6,11-13,18,23H,7-10H2,1-2H3/t13?,18-,21?/m0/s1. The van der Waals surface area contributed by atoms with E-state index in [4.69, 9.17) is 9.15 Å². The Hall–Kier alpha value is -1.72. The average molecular weight is 415 g/mol. The number of nitrogens with one attached hydrogen (secondary N) is 1. The molecule has 0 saturated heterocycles. The first-order chi connectivity index (χ1) is 12.5. The maximum absolute atomic E-state index is 6.65. The minimum Gasteiger partial charge on any atom is -0.471 e. The van der Waals surface area contributed by atoms with E-state index < -0.39 is 0 Å². The summed E-state index contributed by atoms with van der Waals surface area (Å²) >= 11 is 3.61. The number of hydrogen-bond acceptors (Lipinski definition) is 4. The van der Waals surface area contributed by atoms with Crippen LogP contribution in [0.25, 0.3) is 5.70 Å². The summed E-state index contributed by atoms with van der Waals surface area (Å²) in [6, 6.07) is 10.5. The molecule has 0 bridgehead atoms. The van der Waals surface area contributed by atoms with Gasteiger partial charge < -0.3 is 14.6 Å². The molecule has 2 aliphatic heterocycles. The van der Waals surface area contributed by atoms with Crippen molar-refractivity contribution >= 4 is 21.6 Å². The Labute approximate surface area is 162 Å². The number of benzene rings is 1.